The number of urea groups is 1. The average Bonchev–Trinajstić information content (AvgIpc) is 3.28. The highest BCUT2D eigenvalue weighted by molar-refractivity contribution is 5.89. The molecule has 0 radical (unpaired) electrons. The van der Waals surface area contributed by atoms with Crippen LogP contribution in [0.1, 0.15) is 31.4 Å². The van der Waals surface area contributed by atoms with Gasteiger partial charge >= 0.3 is 6.03 Å². The quantitative estimate of drug-likeness (QED) is 0.597. The van der Waals surface area contributed by atoms with E-state index in [0.29, 0.717) is 18.8 Å². The van der Waals surface area contributed by atoms with Gasteiger partial charge in [0, 0.05) is 24.7 Å². The van der Waals surface area contributed by atoms with E-state index in [9.17, 15) is 14.7 Å². The van der Waals surface area contributed by atoms with Crippen molar-refractivity contribution in [2.75, 3.05) is 18.4 Å². The van der Waals surface area contributed by atoms with Crippen LogP contribution in [-0.4, -0.2) is 30.1 Å². The molecule has 0 aliphatic heterocycles. The van der Waals surface area contributed by atoms with Gasteiger partial charge in [0.25, 0.3) is 0 Å². The molecule has 1 atom stereocenters. The third-order valence-electron chi connectivity index (χ3n) is 3.31. The lowest BCUT2D eigenvalue weighted by Gasteiger charge is -2.10. The summed E-state index contributed by atoms with van der Waals surface area (Å²) in [7, 11) is 0. The minimum Gasteiger partial charge on any atom is -0.389 e. The monoisotopic (exact) mass is 291 g/mol. The number of anilines is 1. The van der Waals surface area contributed by atoms with E-state index < -0.39 is 6.10 Å². The average molecular weight is 291 g/mol. The molecule has 1 fully saturated rings. The maximum Gasteiger partial charge on any atom is 0.319 e. The Bertz CT molecular complexity index is 495. The number of hydrogen-bond acceptors (Lipinski definition) is 3. The first kappa shape index (κ1) is 15.3. The fourth-order valence-electron chi connectivity index (χ4n) is 1.87. The molecule has 0 bridgehead atoms. The van der Waals surface area contributed by atoms with E-state index in [1.165, 1.54) is 0 Å². The van der Waals surface area contributed by atoms with E-state index in [4.69, 9.17) is 0 Å². The summed E-state index contributed by atoms with van der Waals surface area (Å²) in [5.41, 5.74) is 1.45. The smallest absolute Gasteiger partial charge is 0.319 e. The number of aliphatic hydroxyl groups is 1. The topological polar surface area (TPSA) is 90.5 Å². The normalized spacial score (nSPS) is 15.1. The number of aliphatic hydroxyl groups excluding tert-OH is 1. The van der Waals surface area contributed by atoms with Crippen LogP contribution in [0.4, 0.5) is 10.5 Å². The number of carbonyl (C=O) groups is 2. The summed E-state index contributed by atoms with van der Waals surface area (Å²) in [5, 5.41) is 17.5. The first-order chi connectivity index (χ1) is 10.1. The van der Waals surface area contributed by atoms with Crippen LogP contribution in [0.15, 0.2) is 24.3 Å². The van der Waals surface area contributed by atoms with Gasteiger partial charge < -0.3 is 21.1 Å². The van der Waals surface area contributed by atoms with Crippen molar-refractivity contribution < 1.29 is 14.7 Å². The largest absolute Gasteiger partial charge is 0.389 e. The fourth-order valence-corrected chi connectivity index (χ4v) is 1.87. The molecular weight excluding hydrogens is 270 g/mol. The summed E-state index contributed by atoms with van der Waals surface area (Å²) < 4.78 is 0. The van der Waals surface area contributed by atoms with Crippen molar-refractivity contribution in [3.05, 3.63) is 29.8 Å². The molecule has 0 aromatic heterocycles. The van der Waals surface area contributed by atoms with Gasteiger partial charge in [0.05, 0.1) is 6.10 Å². The summed E-state index contributed by atoms with van der Waals surface area (Å²) in [6.45, 7) is 2.50. The zero-order chi connectivity index (χ0) is 15.2. The van der Waals surface area contributed by atoms with E-state index in [-0.39, 0.29) is 17.9 Å². The van der Waals surface area contributed by atoms with Gasteiger partial charge in [-0.1, -0.05) is 12.1 Å². The molecule has 1 saturated carbocycles. The first-order valence-electron chi connectivity index (χ1n) is 7.17. The van der Waals surface area contributed by atoms with E-state index in [0.717, 1.165) is 18.4 Å². The molecule has 1 aliphatic carbocycles. The SMILES string of the molecule is CC(O)c1ccc(NC(=O)NCCNC(=O)C2CC2)cc1. The number of benzene rings is 1. The number of rotatable bonds is 6. The van der Waals surface area contributed by atoms with Gasteiger partial charge in [-0.25, -0.2) is 4.79 Å². The standard InChI is InChI=1S/C15H21N3O3/c1-10(19)11-4-6-13(7-5-11)18-15(21)17-9-8-16-14(20)12-2-3-12/h4-7,10,12,19H,2-3,8-9H2,1H3,(H,16,20)(H2,17,18,21). The molecule has 0 saturated heterocycles. The van der Waals surface area contributed by atoms with Gasteiger partial charge in [0.15, 0.2) is 0 Å². The van der Waals surface area contributed by atoms with Gasteiger partial charge in [-0.05, 0) is 37.5 Å². The summed E-state index contributed by atoms with van der Waals surface area (Å²) in [6.07, 6.45) is 1.42. The Balaban J connectivity index is 1.65. The Morgan fingerprint density at radius 3 is 2.38 bits per heavy atom. The Labute approximate surface area is 123 Å². The first-order valence-corrected chi connectivity index (χ1v) is 7.17. The summed E-state index contributed by atoms with van der Waals surface area (Å²) >= 11 is 0. The van der Waals surface area contributed by atoms with Crippen molar-refractivity contribution in [2.45, 2.75) is 25.9 Å². The molecule has 0 heterocycles. The molecule has 1 aliphatic rings. The van der Waals surface area contributed by atoms with Crippen LogP contribution in [0, 0.1) is 5.92 Å². The molecule has 2 rings (SSSR count). The summed E-state index contributed by atoms with van der Waals surface area (Å²) in [6, 6.07) is 6.67. The molecule has 1 aromatic carbocycles. The predicted molar refractivity (Wildman–Crippen MR) is 79.8 cm³/mol. The highest BCUT2D eigenvalue weighted by atomic mass is 16.3. The van der Waals surface area contributed by atoms with E-state index in [1.807, 2.05) is 0 Å². The highest BCUT2D eigenvalue weighted by Crippen LogP contribution is 2.28. The lowest BCUT2D eigenvalue weighted by Crippen LogP contribution is -2.37. The summed E-state index contributed by atoms with van der Waals surface area (Å²) in [5.74, 6) is 0.261. The number of nitrogens with one attached hydrogen (secondary N) is 3. The Kier molecular flexibility index (Phi) is 5.16. The van der Waals surface area contributed by atoms with Crippen molar-refractivity contribution >= 4 is 17.6 Å². The maximum atomic E-state index is 11.6. The third-order valence-corrected chi connectivity index (χ3v) is 3.31. The zero-order valence-corrected chi connectivity index (χ0v) is 12.1. The highest BCUT2D eigenvalue weighted by Gasteiger charge is 2.28. The van der Waals surface area contributed by atoms with Crippen LogP contribution in [0.25, 0.3) is 0 Å². The van der Waals surface area contributed by atoms with Crippen LogP contribution in [0.3, 0.4) is 0 Å². The second kappa shape index (κ2) is 7.08. The maximum absolute atomic E-state index is 11.6. The van der Waals surface area contributed by atoms with Crippen LogP contribution in [-0.2, 0) is 4.79 Å². The second-order valence-electron chi connectivity index (χ2n) is 5.24. The van der Waals surface area contributed by atoms with Crippen LogP contribution >= 0.6 is 0 Å². The minimum atomic E-state index is -0.525. The number of hydrogen-bond donors (Lipinski definition) is 4. The molecular formula is C15H21N3O3. The molecule has 4 N–H and O–H groups in total. The predicted octanol–water partition coefficient (Wildman–Crippen LogP) is 1.39. The van der Waals surface area contributed by atoms with Gasteiger partial charge in [-0.3, -0.25) is 4.79 Å². The molecule has 21 heavy (non-hydrogen) atoms. The van der Waals surface area contributed by atoms with Crippen LogP contribution in [0.5, 0.6) is 0 Å². The molecule has 6 nitrogen and oxygen atoms in total. The molecule has 0 spiro atoms. The Morgan fingerprint density at radius 1 is 1.19 bits per heavy atom. The third kappa shape index (κ3) is 5.07. The van der Waals surface area contributed by atoms with Crippen LogP contribution in [0.2, 0.25) is 0 Å². The summed E-state index contributed by atoms with van der Waals surface area (Å²) in [4.78, 5) is 23.0. The number of amides is 3. The van der Waals surface area contributed by atoms with E-state index in [1.54, 1.807) is 31.2 Å². The molecule has 6 heteroatoms. The van der Waals surface area contributed by atoms with Crippen molar-refractivity contribution in [3.8, 4) is 0 Å². The van der Waals surface area contributed by atoms with Crippen molar-refractivity contribution in [2.24, 2.45) is 5.92 Å². The van der Waals surface area contributed by atoms with Gasteiger partial charge in [0.1, 0.15) is 0 Å². The Hall–Kier alpha value is -2.08. The lowest BCUT2D eigenvalue weighted by atomic mass is 10.1. The van der Waals surface area contributed by atoms with Crippen molar-refractivity contribution in [3.63, 3.8) is 0 Å². The Morgan fingerprint density at radius 2 is 1.81 bits per heavy atom. The molecule has 1 aromatic rings. The van der Waals surface area contributed by atoms with Gasteiger partial charge in [-0.2, -0.15) is 0 Å². The zero-order valence-electron chi connectivity index (χ0n) is 12.1. The minimum absolute atomic E-state index is 0.0749. The van der Waals surface area contributed by atoms with Crippen molar-refractivity contribution in [1.29, 1.82) is 0 Å². The number of carbonyl (C=O) groups excluding carboxylic acids is 2. The molecule has 1 unspecified atom stereocenters. The second-order valence-corrected chi connectivity index (χ2v) is 5.24. The molecule has 114 valence electrons. The van der Waals surface area contributed by atoms with Crippen molar-refractivity contribution in [1.82, 2.24) is 10.6 Å². The lowest BCUT2D eigenvalue weighted by molar-refractivity contribution is -0.122. The van der Waals surface area contributed by atoms with Gasteiger partial charge in [-0.15, -0.1) is 0 Å². The molecule has 3 amide bonds. The van der Waals surface area contributed by atoms with Gasteiger partial charge in [0.2, 0.25) is 5.91 Å². The van der Waals surface area contributed by atoms with E-state index >= 15 is 0 Å². The van der Waals surface area contributed by atoms with E-state index in [2.05, 4.69) is 16.0 Å². The van der Waals surface area contributed by atoms with Crippen LogP contribution < -0.4 is 16.0 Å². The fraction of sp³-hybridized carbons (Fsp3) is 0.467.